The van der Waals surface area contributed by atoms with E-state index in [4.69, 9.17) is 11.6 Å². The van der Waals surface area contributed by atoms with E-state index in [1.807, 2.05) is 0 Å². The van der Waals surface area contributed by atoms with Crippen molar-refractivity contribution in [3.05, 3.63) is 28.1 Å². The number of H-pyrrole nitrogens is 1. The average Bonchev–Trinajstić information content (AvgIpc) is 3.04. The minimum Gasteiger partial charge on any atom is -0.351 e. The quantitative estimate of drug-likeness (QED) is 0.513. The average molecular weight is 286 g/mol. The summed E-state index contributed by atoms with van der Waals surface area (Å²) in [6.45, 7) is 0.707. The van der Waals surface area contributed by atoms with E-state index in [0.29, 0.717) is 12.4 Å². The molecule has 19 heavy (non-hydrogen) atoms. The number of rotatable bonds is 5. The molecule has 1 N–H and O–H groups in total. The van der Waals surface area contributed by atoms with Crippen molar-refractivity contribution in [3.63, 3.8) is 0 Å². The van der Waals surface area contributed by atoms with Gasteiger partial charge in [-0.2, -0.15) is 0 Å². The van der Waals surface area contributed by atoms with Gasteiger partial charge in [0.15, 0.2) is 0 Å². The summed E-state index contributed by atoms with van der Waals surface area (Å²) in [6.07, 6.45) is 4.96. The second-order valence-corrected chi connectivity index (χ2v) is 5.03. The van der Waals surface area contributed by atoms with Gasteiger partial charge in [-0.05, 0) is 25.7 Å². The monoisotopic (exact) mass is 285 g/mol. The van der Waals surface area contributed by atoms with E-state index in [2.05, 4.69) is 4.98 Å². The molecule has 0 bridgehead atoms. The molecule has 104 valence electrons. The van der Waals surface area contributed by atoms with E-state index >= 15 is 0 Å². The van der Waals surface area contributed by atoms with Crippen LogP contribution in [0.3, 0.4) is 0 Å². The topological polar surface area (TPSA) is 79.2 Å². The molecule has 0 aliphatic carbocycles. The summed E-state index contributed by atoms with van der Waals surface area (Å²) in [5, 5.41) is 10.6. The standard InChI is InChI=1S/C12H16ClN3O3/c13-5-1-3-9-4-2-6-15(9)12(17)11-7-10(8-14-11)16(18)19/h7-9,14H,1-6H2. The zero-order valence-corrected chi connectivity index (χ0v) is 11.2. The zero-order chi connectivity index (χ0) is 13.8. The highest BCUT2D eigenvalue weighted by atomic mass is 35.5. The Bertz CT molecular complexity index is 475. The van der Waals surface area contributed by atoms with Gasteiger partial charge in [-0.15, -0.1) is 11.6 Å². The molecule has 0 spiro atoms. The Morgan fingerprint density at radius 3 is 3.05 bits per heavy atom. The van der Waals surface area contributed by atoms with Gasteiger partial charge in [-0.1, -0.05) is 0 Å². The van der Waals surface area contributed by atoms with Crippen LogP contribution in [0.5, 0.6) is 0 Å². The molecule has 0 aromatic carbocycles. The third kappa shape index (κ3) is 3.07. The minimum atomic E-state index is -0.512. The van der Waals surface area contributed by atoms with E-state index in [9.17, 15) is 14.9 Å². The fourth-order valence-electron chi connectivity index (χ4n) is 2.48. The van der Waals surface area contributed by atoms with Crippen LogP contribution in [0.1, 0.15) is 36.2 Å². The molecule has 7 heteroatoms. The van der Waals surface area contributed by atoms with E-state index < -0.39 is 4.92 Å². The van der Waals surface area contributed by atoms with Crippen LogP contribution in [0.4, 0.5) is 5.69 Å². The molecular formula is C12H16ClN3O3. The second-order valence-electron chi connectivity index (χ2n) is 4.65. The summed E-state index contributed by atoms with van der Waals surface area (Å²) in [5.74, 6) is 0.428. The summed E-state index contributed by atoms with van der Waals surface area (Å²) in [6, 6.07) is 1.49. The van der Waals surface area contributed by atoms with Crippen LogP contribution in [-0.4, -0.2) is 39.2 Å². The van der Waals surface area contributed by atoms with Gasteiger partial charge in [0.05, 0.1) is 11.1 Å². The van der Waals surface area contributed by atoms with Crippen molar-refractivity contribution in [2.45, 2.75) is 31.7 Å². The predicted octanol–water partition coefficient (Wildman–Crippen LogP) is 2.55. The van der Waals surface area contributed by atoms with Crippen LogP contribution in [0, 0.1) is 10.1 Å². The molecule has 1 aliphatic rings. The van der Waals surface area contributed by atoms with Crippen LogP contribution in [-0.2, 0) is 0 Å². The SMILES string of the molecule is O=C(c1cc([N+](=O)[O-])c[nH]1)N1CCCC1CCCCl. The number of carbonyl (C=O) groups excluding carboxylic acids is 1. The maximum Gasteiger partial charge on any atom is 0.287 e. The van der Waals surface area contributed by atoms with Gasteiger partial charge < -0.3 is 9.88 Å². The normalized spacial score (nSPS) is 18.8. The lowest BCUT2D eigenvalue weighted by Gasteiger charge is -2.23. The van der Waals surface area contributed by atoms with Crippen LogP contribution in [0.15, 0.2) is 12.3 Å². The molecule has 1 atom stereocenters. The molecule has 2 heterocycles. The maximum atomic E-state index is 12.3. The van der Waals surface area contributed by atoms with Crippen molar-refractivity contribution in [1.82, 2.24) is 9.88 Å². The molecule has 1 saturated heterocycles. The lowest BCUT2D eigenvalue weighted by atomic mass is 10.1. The number of nitrogens with zero attached hydrogens (tertiary/aromatic N) is 2. The highest BCUT2D eigenvalue weighted by Crippen LogP contribution is 2.24. The first-order valence-electron chi connectivity index (χ1n) is 6.33. The Hall–Kier alpha value is -1.56. The van der Waals surface area contributed by atoms with E-state index in [1.165, 1.54) is 12.3 Å². The lowest BCUT2D eigenvalue weighted by molar-refractivity contribution is -0.384. The fourth-order valence-corrected chi connectivity index (χ4v) is 2.64. The molecule has 1 aromatic heterocycles. The van der Waals surface area contributed by atoms with Gasteiger partial charge in [0.2, 0.25) is 0 Å². The molecule has 1 unspecified atom stereocenters. The van der Waals surface area contributed by atoms with Crippen LogP contribution < -0.4 is 0 Å². The van der Waals surface area contributed by atoms with Crippen molar-refractivity contribution < 1.29 is 9.72 Å². The number of likely N-dealkylation sites (tertiary alicyclic amines) is 1. The van der Waals surface area contributed by atoms with Crippen LogP contribution in [0.25, 0.3) is 0 Å². The van der Waals surface area contributed by atoms with Gasteiger partial charge in [0.1, 0.15) is 5.69 Å². The van der Waals surface area contributed by atoms with Crippen molar-refractivity contribution in [2.24, 2.45) is 0 Å². The molecule has 2 rings (SSSR count). The predicted molar refractivity (Wildman–Crippen MR) is 71.5 cm³/mol. The van der Waals surface area contributed by atoms with Crippen molar-refractivity contribution in [3.8, 4) is 0 Å². The van der Waals surface area contributed by atoms with Gasteiger partial charge in [0, 0.05) is 24.5 Å². The number of halogens is 1. The van der Waals surface area contributed by atoms with Crippen molar-refractivity contribution in [1.29, 1.82) is 0 Å². The summed E-state index contributed by atoms with van der Waals surface area (Å²) < 4.78 is 0. The number of alkyl halides is 1. The summed E-state index contributed by atoms with van der Waals surface area (Å²) in [7, 11) is 0. The number of carbonyl (C=O) groups is 1. The minimum absolute atomic E-state index is 0.0835. The summed E-state index contributed by atoms with van der Waals surface area (Å²) in [4.78, 5) is 26.9. The molecule has 6 nitrogen and oxygen atoms in total. The number of hydrogen-bond acceptors (Lipinski definition) is 3. The molecule has 1 aliphatic heterocycles. The number of aromatic nitrogens is 1. The third-order valence-corrected chi connectivity index (χ3v) is 3.69. The lowest BCUT2D eigenvalue weighted by Crippen LogP contribution is -2.35. The summed E-state index contributed by atoms with van der Waals surface area (Å²) >= 11 is 5.68. The molecular weight excluding hydrogens is 270 g/mol. The number of nitro groups is 1. The molecule has 0 radical (unpaired) electrons. The first kappa shape index (κ1) is 13.9. The van der Waals surface area contributed by atoms with E-state index in [1.54, 1.807) is 4.90 Å². The Morgan fingerprint density at radius 2 is 2.42 bits per heavy atom. The second kappa shape index (κ2) is 6.06. The first-order valence-corrected chi connectivity index (χ1v) is 6.86. The highest BCUT2D eigenvalue weighted by molar-refractivity contribution is 6.17. The zero-order valence-electron chi connectivity index (χ0n) is 10.5. The maximum absolute atomic E-state index is 12.3. The van der Waals surface area contributed by atoms with E-state index in [-0.39, 0.29) is 23.3 Å². The Kier molecular flexibility index (Phi) is 4.42. The first-order chi connectivity index (χ1) is 9.13. The number of aromatic amines is 1. The molecule has 1 aromatic rings. The fraction of sp³-hybridized carbons (Fsp3) is 0.583. The Morgan fingerprint density at radius 1 is 1.63 bits per heavy atom. The van der Waals surface area contributed by atoms with Crippen LogP contribution >= 0.6 is 11.6 Å². The highest BCUT2D eigenvalue weighted by Gasteiger charge is 2.30. The third-order valence-electron chi connectivity index (χ3n) is 3.42. The van der Waals surface area contributed by atoms with Gasteiger partial charge in [-0.3, -0.25) is 14.9 Å². The molecule has 0 saturated carbocycles. The number of amides is 1. The van der Waals surface area contributed by atoms with E-state index in [0.717, 1.165) is 25.7 Å². The molecule has 1 amide bonds. The number of hydrogen-bond donors (Lipinski definition) is 1. The van der Waals surface area contributed by atoms with Crippen molar-refractivity contribution in [2.75, 3.05) is 12.4 Å². The Balaban J connectivity index is 2.07. The number of nitrogens with one attached hydrogen (secondary N) is 1. The Labute approximate surface area is 115 Å². The van der Waals surface area contributed by atoms with Crippen molar-refractivity contribution >= 4 is 23.2 Å². The smallest absolute Gasteiger partial charge is 0.287 e. The largest absolute Gasteiger partial charge is 0.351 e. The van der Waals surface area contributed by atoms with Crippen LogP contribution in [0.2, 0.25) is 0 Å². The van der Waals surface area contributed by atoms with Gasteiger partial charge in [0.25, 0.3) is 11.6 Å². The molecule has 1 fully saturated rings. The summed E-state index contributed by atoms with van der Waals surface area (Å²) in [5.41, 5.74) is 0.198. The van der Waals surface area contributed by atoms with Gasteiger partial charge in [-0.25, -0.2) is 0 Å². The van der Waals surface area contributed by atoms with Gasteiger partial charge >= 0.3 is 0 Å².